The average molecular weight is 345 g/mol. The number of amides is 1. The molecule has 0 aromatic carbocycles. The maximum Gasteiger partial charge on any atom is 0.227 e. The second-order valence-corrected chi connectivity index (χ2v) is 6.17. The number of oxazole rings is 2. The largest absolute Gasteiger partial charge is 0.451 e. The highest BCUT2D eigenvalue weighted by Crippen LogP contribution is 2.17. The van der Waals surface area contributed by atoms with Gasteiger partial charge in [0.05, 0.1) is 35.8 Å². The topological polar surface area (TPSA) is 89.4 Å². The molecule has 0 radical (unpaired) electrons. The van der Waals surface area contributed by atoms with E-state index in [4.69, 9.17) is 8.83 Å². The Balaban J connectivity index is 1.72. The minimum atomic E-state index is -0.0890. The fourth-order valence-electron chi connectivity index (χ4n) is 2.19. The van der Waals surface area contributed by atoms with E-state index in [1.165, 1.54) is 43.6 Å². The van der Waals surface area contributed by atoms with Gasteiger partial charge in [0.25, 0.3) is 0 Å². The average Bonchev–Trinajstić information content (AvgIpc) is 3.29. The van der Waals surface area contributed by atoms with E-state index < -0.39 is 0 Å². The minimum Gasteiger partial charge on any atom is -0.451 e. The van der Waals surface area contributed by atoms with Crippen molar-refractivity contribution in [2.24, 2.45) is 0 Å². The van der Waals surface area contributed by atoms with Crippen LogP contribution in [0.2, 0.25) is 0 Å². The maximum absolute atomic E-state index is 12.7. The highest BCUT2D eigenvalue weighted by atomic mass is 32.1. The number of hydrogen-bond acceptors (Lipinski definition) is 7. The van der Waals surface area contributed by atoms with E-state index in [9.17, 15) is 9.59 Å². The fourth-order valence-corrected chi connectivity index (χ4v) is 3.01. The Kier molecular flexibility index (Phi) is 4.85. The lowest BCUT2D eigenvalue weighted by molar-refractivity contribution is -0.131. The van der Waals surface area contributed by atoms with E-state index in [1.807, 2.05) is 5.38 Å². The molecule has 1 amide bonds. The Morgan fingerprint density at radius 3 is 2.21 bits per heavy atom. The molecule has 0 saturated carbocycles. The van der Waals surface area contributed by atoms with Crippen LogP contribution in [-0.2, 0) is 24.3 Å². The summed E-state index contributed by atoms with van der Waals surface area (Å²) in [5.41, 5.74) is 2.13. The number of nitrogens with zero attached hydrogens (tertiary/aromatic N) is 3. The summed E-state index contributed by atoms with van der Waals surface area (Å²) in [6, 6.07) is 1.76. The molecule has 0 unspecified atom stereocenters. The van der Waals surface area contributed by atoms with Crippen molar-refractivity contribution < 1.29 is 18.4 Å². The summed E-state index contributed by atoms with van der Waals surface area (Å²) in [5.74, 6) is -0.0883. The number of aromatic nitrogens is 2. The van der Waals surface area contributed by atoms with Crippen LogP contribution in [0.15, 0.2) is 45.6 Å². The summed E-state index contributed by atoms with van der Waals surface area (Å²) in [6.45, 7) is 2.14. The van der Waals surface area contributed by atoms with Gasteiger partial charge in [0.15, 0.2) is 18.6 Å². The van der Waals surface area contributed by atoms with Gasteiger partial charge in [-0.15, -0.1) is 11.3 Å². The van der Waals surface area contributed by atoms with Crippen molar-refractivity contribution in [1.29, 1.82) is 0 Å². The van der Waals surface area contributed by atoms with Gasteiger partial charge in [0, 0.05) is 0 Å². The molecule has 0 bridgehead atoms. The van der Waals surface area contributed by atoms with Crippen LogP contribution in [0.1, 0.15) is 33.5 Å². The van der Waals surface area contributed by atoms with Crippen LogP contribution < -0.4 is 0 Å². The first-order valence-electron chi connectivity index (χ1n) is 7.22. The molecule has 0 spiro atoms. The minimum absolute atomic E-state index is 0.000694. The summed E-state index contributed by atoms with van der Waals surface area (Å²) >= 11 is 1.35. The van der Waals surface area contributed by atoms with Gasteiger partial charge in [0.2, 0.25) is 5.91 Å². The lowest BCUT2D eigenvalue weighted by Crippen LogP contribution is -2.31. The fraction of sp³-hybridized carbons (Fsp3) is 0.250. The molecule has 0 aliphatic rings. The van der Waals surface area contributed by atoms with Gasteiger partial charge < -0.3 is 13.7 Å². The molecule has 0 N–H and O–H groups in total. The quantitative estimate of drug-likeness (QED) is 0.612. The predicted molar refractivity (Wildman–Crippen MR) is 85.3 cm³/mol. The first-order chi connectivity index (χ1) is 11.6. The molecule has 0 atom stereocenters. The molecule has 124 valence electrons. The zero-order valence-electron chi connectivity index (χ0n) is 13.0. The molecule has 3 rings (SSSR count). The Hall–Kier alpha value is -2.74. The smallest absolute Gasteiger partial charge is 0.227 e. The van der Waals surface area contributed by atoms with Crippen LogP contribution in [-0.4, -0.2) is 26.6 Å². The third kappa shape index (κ3) is 3.96. The van der Waals surface area contributed by atoms with E-state index in [-0.39, 0.29) is 18.1 Å². The van der Waals surface area contributed by atoms with Crippen molar-refractivity contribution in [2.75, 3.05) is 0 Å². The summed E-state index contributed by atoms with van der Waals surface area (Å²) in [5, 5.41) is 1.83. The number of Topliss-reactive ketones (excluding diaryl/α,β-unsaturated/α-hetero) is 1. The third-order valence-corrected chi connectivity index (χ3v) is 4.46. The summed E-state index contributed by atoms with van der Waals surface area (Å²) in [6.07, 6.45) is 5.86. The number of carbonyl (C=O) groups is 2. The number of thiophene rings is 1. The number of carbonyl (C=O) groups excluding carboxylic acids is 2. The molecule has 0 aliphatic carbocycles. The SMILES string of the molecule is CC(=O)c1cc(CC(=O)N(Cc2cocn2)Cc2cocn2)cs1. The van der Waals surface area contributed by atoms with Crippen molar-refractivity contribution >= 4 is 23.0 Å². The molecule has 0 saturated heterocycles. The van der Waals surface area contributed by atoms with Gasteiger partial charge in [-0.2, -0.15) is 0 Å². The summed E-state index contributed by atoms with van der Waals surface area (Å²) in [4.78, 5) is 34.4. The first-order valence-corrected chi connectivity index (χ1v) is 8.10. The number of hydrogen-bond donors (Lipinski definition) is 0. The Bertz CT molecular complexity index is 772. The van der Waals surface area contributed by atoms with E-state index >= 15 is 0 Å². The van der Waals surface area contributed by atoms with E-state index in [0.29, 0.717) is 29.4 Å². The van der Waals surface area contributed by atoms with Gasteiger partial charge >= 0.3 is 0 Å². The van der Waals surface area contributed by atoms with Crippen molar-refractivity contribution in [3.05, 3.63) is 58.6 Å². The van der Waals surface area contributed by atoms with E-state index in [0.717, 1.165) is 5.56 Å². The molecule has 0 fully saturated rings. The Morgan fingerprint density at radius 2 is 1.75 bits per heavy atom. The molecule has 8 heteroatoms. The lowest BCUT2D eigenvalue weighted by Gasteiger charge is -2.20. The normalized spacial score (nSPS) is 10.7. The van der Waals surface area contributed by atoms with Crippen LogP contribution in [0.3, 0.4) is 0 Å². The molecule has 3 aromatic rings. The highest BCUT2D eigenvalue weighted by molar-refractivity contribution is 7.12. The number of rotatable bonds is 7. The van der Waals surface area contributed by atoms with Gasteiger partial charge in [-0.1, -0.05) is 0 Å². The molecule has 3 heterocycles. The molecular weight excluding hydrogens is 330 g/mol. The standard InChI is InChI=1S/C16H15N3O4S/c1-11(20)15-2-12(8-24-15)3-16(21)19(4-13-6-22-9-17-13)5-14-7-23-10-18-14/h2,6-10H,3-5H2,1H3. The summed E-state index contributed by atoms with van der Waals surface area (Å²) < 4.78 is 9.92. The monoisotopic (exact) mass is 345 g/mol. The molecule has 24 heavy (non-hydrogen) atoms. The van der Waals surface area contributed by atoms with Crippen LogP contribution >= 0.6 is 11.3 Å². The predicted octanol–water partition coefficient (Wildman–Crippen LogP) is 2.70. The Morgan fingerprint density at radius 1 is 1.12 bits per heavy atom. The van der Waals surface area contributed by atoms with Crippen molar-refractivity contribution in [3.8, 4) is 0 Å². The zero-order chi connectivity index (χ0) is 16.9. The number of ketones is 1. The van der Waals surface area contributed by atoms with Crippen LogP contribution in [0.25, 0.3) is 0 Å². The molecule has 7 nitrogen and oxygen atoms in total. The van der Waals surface area contributed by atoms with Crippen molar-refractivity contribution in [3.63, 3.8) is 0 Å². The molecular formula is C16H15N3O4S. The van der Waals surface area contributed by atoms with Crippen molar-refractivity contribution in [1.82, 2.24) is 14.9 Å². The van der Waals surface area contributed by atoms with Crippen LogP contribution in [0.4, 0.5) is 0 Å². The molecule has 3 aromatic heterocycles. The van der Waals surface area contributed by atoms with Crippen LogP contribution in [0, 0.1) is 0 Å². The second-order valence-electron chi connectivity index (χ2n) is 5.26. The first kappa shape index (κ1) is 16.1. The summed E-state index contributed by atoms with van der Waals surface area (Å²) in [7, 11) is 0. The molecule has 0 aliphatic heterocycles. The Labute approximate surface area is 141 Å². The van der Waals surface area contributed by atoms with Crippen LogP contribution in [0.5, 0.6) is 0 Å². The second kappa shape index (κ2) is 7.22. The van der Waals surface area contributed by atoms with E-state index in [2.05, 4.69) is 9.97 Å². The van der Waals surface area contributed by atoms with Crippen molar-refractivity contribution in [2.45, 2.75) is 26.4 Å². The highest BCUT2D eigenvalue weighted by Gasteiger charge is 2.18. The third-order valence-electron chi connectivity index (χ3n) is 3.38. The lowest BCUT2D eigenvalue weighted by atomic mass is 10.2. The maximum atomic E-state index is 12.7. The van der Waals surface area contributed by atoms with Gasteiger partial charge in [-0.3, -0.25) is 9.59 Å². The van der Waals surface area contributed by atoms with E-state index in [1.54, 1.807) is 11.0 Å². The van der Waals surface area contributed by atoms with Gasteiger partial charge in [-0.05, 0) is 23.9 Å². The zero-order valence-corrected chi connectivity index (χ0v) is 13.8. The van der Waals surface area contributed by atoms with Gasteiger partial charge in [-0.25, -0.2) is 9.97 Å². The van der Waals surface area contributed by atoms with Gasteiger partial charge in [0.1, 0.15) is 12.5 Å².